The van der Waals surface area contributed by atoms with Crippen molar-refractivity contribution < 1.29 is 9.32 Å². The number of thioether (sulfide) groups is 1. The minimum atomic E-state index is -0.192. The molecule has 0 fully saturated rings. The summed E-state index contributed by atoms with van der Waals surface area (Å²) in [6.45, 7) is 0. The van der Waals surface area contributed by atoms with E-state index in [-0.39, 0.29) is 23.9 Å². The molecule has 4 heterocycles. The lowest BCUT2D eigenvalue weighted by atomic mass is 10.1. The maximum absolute atomic E-state index is 13.0. The number of nitrogens with one attached hydrogen (secondary N) is 1. The third kappa shape index (κ3) is 3.97. The number of amides is 1. The minimum absolute atomic E-state index is 0.0265. The average Bonchev–Trinajstić information content (AvgIpc) is 3.63. The fourth-order valence-corrected chi connectivity index (χ4v) is 6.31. The summed E-state index contributed by atoms with van der Waals surface area (Å²) in [5, 5.41) is 9.79. The summed E-state index contributed by atoms with van der Waals surface area (Å²) in [5.41, 5.74) is 3.37. The molecule has 1 aliphatic carbocycles. The Labute approximate surface area is 203 Å². The van der Waals surface area contributed by atoms with Gasteiger partial charge in [0, 0.05) is 23.4 Å². The molecule has 1 aliphatic heterocycles. The zero-order chi connectivity index (χ0) is 23.1. The molecule has 34 heavy (non-hydrogen) atoms. The molecule has 3 aromatic heterocycles. The molecule has 1 N–H and O–H groups in total. The van der Waals surface area contributed by atoms with E-state index in [0.29, 0.717) is 29.6 Å². The summed E-state index contributed by atoms with van der Waals surface area (Å²) in [6, 6.07) is 11.3. The van der Waals surface area contributed by atoms with Crippen LogP contribution < -0.4 is 10.9 Å². The van der Waals surface area contributed by atoms with Crippen molar-refractivity contribution in [3.05, 3.63) is 74.8 Å². The summed E-state index contributed by atoms with van der Waals surface area (Å²) in [4.78, 5) is 36.1. The predicted molar refractivity (Wildman–Crippen MR) is 130 cm³/mol. The number of anilines is 1. The van der Waals surface area contributed by atoms with Gasteiger partial charge >= 0.3 is 0 Å². The Bertz CT molecular complexity index is 1430. The van der Waals surface area contributed by atoms with Crippen LogP contribution >= 0.6 is 23.1 Å². The van der Waals surface area contributed by atoms with Gasteiger partial charge in [-0.2, -0.15) is 4.98 Å². The van der Waals surface area contributed by atoms with E-state index in [9.17, 15) is 9.59 Å². The van der Waals surface area contributed by atoms with E-state index in [1.54, 1.807) is 27.7 Å². The van der Waals surface area contributed by atoms with E-state index in [1.807, 2.05) is 41.8 Å². The molecule has 172 valence electrons. The minimum Gasteiger partial charge on any atom is -0.339 e. The molecule has 2 aliphatic rings. The number of aromatic nitrogens is 4. The van der Waals surface area contributed by atoms with Crippen LogP contribution in [0.1, 0.15) is 41.6 Å². The first-order chi connectivity index (χ1) is 16.7. The highest BCUT2D eigenvalue weighted by molar-refractivity contribution is 7.99. The second-order valence-electron chi connectivity index (χ2n) is 8.39. The number of nitrogens with zero attached hydrogens (tertiary/aromatic N) is 4. The van der Waals surface area contributed by atoms with Gasteiger partial charge in [0.2, 0.25) is 17.6 Å². The smallest absolute Gasteiger partial charge is 0.257 e. The Hall–Kier alpha value is -3.24. The third-order valence-corrected chi connectivity index (χ3v) is 8.10. The van der Waals surface area contributed by atoms with Crippen LogP contribution in [0.25, 0.3) is 10.7 Å². The first-order valence-electron chi connectivity index (χ1n) is 11.2. The largest absolute Gasteiger partial charge is 0.339 e. The fourth-order valence-electron chi connectivity index (χ4n) is 4.51. The standard InChI is InChI=1S/C24H21N5O3S2/c30-20(12-15-13-34-24-26-18-8-3-6-16(18)23(31)29(15)24)25-17-7-2-1-5-14(17)11-21-27-22(28-32-21)19-9-4-10-33-19/h1-2,4-5,7,9-10,15H,3,6,8,11-13H2,(H,25,30). The van der Waals surface area contributed by atoms with Crippen LogP contribution in [0.2, 0.25) is 0 Å². The van der Waals surface area contributed by atoms with Crippen LogP contribution in [0.5, 0.6) is 0 Å². The lowest BCUT2D eigenvalue weighted by molar-refractivity contribution is -0.116. The molecule has 0 saturated carbocycles. The molecule has 1 atom stereocenters. The van der Waals surface area contributed by atoms with Crippen molar-refractivity contribution in [2.24, 2.45) is 0 Å². The SMILES string of the molecule is O=C(CC1CSc2nc3c(c(=O)n21)CCC3)Nc1ccccc1Cc1nc(-c2cccs2)no1. The molecule has 1 unspecified atom stereocenters. The Kier molecular flexibility index (Phi) is 5.54. The first kappa shape index (κ1) is 21.3. The second-order valence-corrected chi connectivity index (χ2v) is 10.3. The summed E-state index contributed by atoms with van der Waals surface area (Å²) in [5.74, 6) is 1.59. The number of carbonyl (C=O) groups is 1. The molecule has 6 rings (SSSR count). The van der Waals surface area contributed by atoms with Crippen LogP contribution in [-0.2, 0) is 24.1 Å². The topological polar surface area (TPSA) is 103 Å². The lowest BCUT2D eigenvalue weighted by Crippen LogP contribution is -2.30. The van der Waals surface area contributed by atoms with Gasteiger partial charge in [0.1, 0.15) is 0 Å². The van der Waals surface area contributed by atoms with Crippen molar-refractivity contribution in [1.82, 2.24) is 19.7 Å². The zero-order valence-electron chi connectivity index (χ0n) is 18.2. The third-order valence-electron chi connectivity index (χ3n) is 6.14. The number of thiophene rings is 1. The summed E-state index contributed by atoms with van der Waals surface area (Å²) in [6.07, 6.45) is 3.25. The fraction of sp³-hybridized carbons (Fsp3) is 0.292. The van der Waals surface area contributed by atoms with Gasteiger partial charge in [-0.1, -0.05) is 41.2 Å². The van der Waals surface area contributed by atoms with Crippen LogP contribution in [0.4, 0.5) is 5.69 Å². The number of fused-ring (bicyclic) bond motifs is 2. The number of aryl methyl sites for hydroxylation is 1. The van der Waals surface area contributed by atoms with Crippen LogP contribution in [0, 0.1) is 0 Å². The molecule has 0 bridgehead atoms. The Morgan fingerprint density at radius 2 is 2.09 bits per heavy atom. The Morgan fingerprint density at radius 1 is 1.18 bits per heavy atom. The second kappa shape index (κ2) is 8.84. The molecule has 1 aromatic carbocycles. The van der Waals surface area contributed by atoms with Crippen LogP contribution in [0.15, 0.2) is 56.3 Å². The molecule has 10 heteroatoms. The number of carbonyl (C=O) groups excluding carboxylic acids is 1. The Balaban J connectivity index is 1.17. The average molecular weight is 492 g/mol. The van der Waals surface area contributed by atoms with Crippen molar-refractivity contribution in [3.8, 4) is 10.7 Å². The van der Waals surface area contributed by atoms with Gasteiger partial charge in [0.15, 0.2) is 5.16 Å². The van der Waals surface area contributed by atoms with Crippen molar-refractivity contribution in [2.45, 2.75) is 43.3 Å². The maximum atomic E-state index is 13.0. The molecule has 8 nitrogen and oxygen atoms in total. The van der Waals surface area contributed by atoms with E-state index < -0.39 is 0 Å². The van der Waals surface area contributed by atoms with Crippen LogP contribution in [0.3, 0.4) is 0 Å². The van der Waals surface area contributed by atoms with Crippen molar-refractivity contribution in [2.75, 3.05) is 11.1 Å². The monoisotopic (exact) mass is 491 g/mol. The molecule has 1 amide bonds. The molecular formula is C24H21N5O3S2. The van der Waals surface area contributed by atoms with Gasteiger partial charge in [-0.15, -0.1) is 11.3 Å². The molecular weight excluding hydrogens is 470 g/mol. The number of para-hydroxylation sites is 1. The van der Waals surface area contributed by atoms with Crippen molar-refractivity contribution in [3.63, 3.8) is 0 Å². The highest BCUT2D eigenvalue weighted by Crippen LogP contribution is 2.34. The molecule has 0 saturated heterocycles. The highest BCUT2D eigenvalue weighted by Gasteiger charge is 2.31. The van der Waals surface area contributed by atoms with Gasteiger partial charge < -0.3 is 9.84 Å². The summed E-state index contributed by atoms with van der Waals surface area (Å²) >= 11 is 3.11. The molecule has 0 radical (unpaired) electrons. The number of benzene rings is 1. The summed E-state index contributed by atoms with van der Waals surface area (Å²) < 4.78 is 7.16. The molecule has 0 spiro atoms. The molecule has 4 aromatic rings. The van der Waals surface area contributed by atoms with Crippen LogP contribution in [-0.4, -0.2) is 31.4 Å². The number of hydrogen-bond acceptors (Lipinski definition) is 8. The normalized spacial score (nSPS) is 16.4. The maximum Gasteiger partial charge on any atom is 0.257 e. The van der Waals surface area contributed by atoms with E-state index in [0.717, 1.165) is 46.1 Å². The van der Waals surface area contributed by atoms with Gasteiger partial charge in [-0.3, -0.25) is 14.2 Å². The zero-order valence-corrected chi connectivity index (χ0v) is 19.8. The summed E-state index contributed by atoms with van der Waals surface area (Å²) in [7, 11) is 0. The van der Waals surface area contributed by atoms with Gasteiger partial charge in [-0.25, -0.2) is 4.98 Å². The number of rotatable bonds is 6. The first-order valence-corrected chi connectivity index (χ1v) is 13.0. The van der Waals surface area contributed by atoms with E-state index in [4.69, 9.17) is 4.52 Å². The van der Waals surface area contributed by atoms with E-state index >= 15 is 0 Å². The van der Waals surface area contributed by atoms with Crippen molar-refractivity contribution >= 4 is 34.7 Å². The quantitative estimate of drug-likeness (QED) is 0.405. The van der Waals surface area contributed by atoms with Gasteiger partial charge in [0.05, 0.1) is 23.0 Å². The van der Waals surface area contributed by atoms with Gasteiger partial charge in [-0.05, 0) is 42.3 Å². The highest BCUT2D eigenvalue weighted by atomic mass is 32.2. The van der Waals surface area contributed by atoms with Crippen molar-refractivity contribution in [1.29, 1.82) is 0 Å². The lowest BCUT2D eigenvalue weighted by Gasteiger charge is -2.15. The van der Waals surface area contributed by atoms with E-state index in [1.165, 1.54) is 0 Å². The van der Waals surface area contributed by atoms with E-state index in [2.05, 4.69) is 20.4 Å². The number of hydrogen-bond donors (Lipinski definition) is 1. The van der Waals surface area contributed by atoms with Gasteiger partial charge in [0.25, 0.3) is 5.56 Å². The predicted octanol–water partition coefficient (Wildman–Crippen LogP) is 4.11. The Morgan fingerprint density at radius 3 is 2.97 bits per heavy atom.